The Hall–Kier alpha value is -3.10. The van der Waals surface area contributed by atoms with Gasteiger partial charge >= 0.3 is 11.9 Å². The van der Waals surface area contributed by atoms with Crippen LogP contribution in [0.25, 0.3) is 11.3 Å². The topological polar surface area (TPSA) is 92.9 Å². The number of anilines is 1. The van der Waals surface area contributed by atoms with Crippen molar-refractivity contribution in [3.63, 3.8) is 0 Å². The minimum atomic E-state index is -1.17. The first kappa shape index (κ1) is 24.2. The van der Waals surface area contributed by atoms with Crippen molar-refractivity contribution in [1.82, 2.24) is 5.16 Å². The number of hydrogen-bond donors (Lipinski definition) is 1. The molecule has 0 amide bonds. The first-order valence-corrected chi connectivity index (χ1v) is 13.0. The summed E-state index contributed by atoms with van der Waals surface area (Å²) in [7, 11) is 0. The molecule has 10 heteroatoms. The van der Waals surface area contributed by atoms with E-state index in [1.165, 1.54) is 12.1 Å². The number of rotatable bonds is 6. The van der Waals surface area contributed by atoms with E-state index >= 15 is 0 Å². The van der Waals surface area contributed by atoms with E-state index in [1.54, 1.807) is 18.2 Å². The average Bonchev–Trinajstić information content (AvgIpc) is 3.55. The number of fused-ring (bicyclic) bond motifs is 2. The third kappa shape index (κ3) is 4.36. The highest BCUT2D eigenvalue weighted by Crippen LogP contribution is 2.47. The number of esters is 1. The summed E-state index contributed by atoms with van der Waals surface area (Å²) < 4.78 is 26.5. The maximum atomic E-state index is 14.8. The van der Waals surface area contributed by atoms with Crippen molar-refractivity contribution in [3.8, 4) is 11.3 Å². The van der Waals surface area contributed by atoms with Crippen LogP contribution in [0.1, 0.15) is 70.9 Å². The lowest BCUT2D eigenvalue weighted by Crippen LogP contribution is -2.46. The van der Waals surface area contributed by atoms with Gasteiger partial charge in [-0.05, 0) is 56.0 Å². The highest BCUT2D eigenvalue weighted by atomic mass is 35.5. The van der Waals surface area contributed by atoms with Crippen molar-refractivity contribution in [3.05, 3.63) is 69.1 Å². The summed E-state index contributed by atoms with van der Waals surface area (Å²) in [5.41, 5.74) is 1.27. The molecule has 1 unspecified atom stereocenters. The maximum absolute atomic E-state index is 14.8. The third-order valence-corrected chi connectivity index (χ3v) is 8.14. The molecule has 3 aliphatic rings. The van der Waals surface area contributed by atoms with Gasteiger partial charge in [-0.3, -0.25) is 0 Å². The Labute approximate surface area is 222 Å². The SMILES string of the molecule is O=C(O)c1ccc(N2[C@@H]3CC[C@H]2CC(OC(=O)c2c(-c4c(Cl)cccc4Cl)noc2C2CC2)C3)c(F)c1. The molecule has 3 heterocycles. The minimum absolute atomic E-state index is 0.0235. The van der Waals surface area contributed by atoms with E-state index in [0.717, 1.165) is 31.7 Å². The molecule has 37 heavy (non-hydrogen) atoms. The number of carbonyl (C=O) groups excluding carboxylic acids is 1. The molecule has 7 nitrogen and oxygen atoms in total. The van der Waals surface area contributed by atoms with Gasteiger partial charge in [0.2, 0.25) is 0 Å². The van der Waals surface area contributed by atoms with Gasteiger partial charge in [0.15, 0.2) is 5.76 Å². The van der Waals surface area contributed by atoms with Crippen LogP contribution in [0.5, 0.6) is 0 Å². The van der Waals surface area contributed by atoms with Crippen molar-refractivity contribution in [2.24, 2.45) is 0 Å². The number of halogens is 3. The largest absolute Gasteiger partial charge is 0.478 e. The zero-order valence-electron chi connectivity index (χ0n) is 19.6. The number of piperidine rings is 1. The molecule has 1 saturated carbocycles. The van der Waals surface area contributed by atoms with Crippen LogP contribution < -0.4 is 4.90 Å². The van der Waals surface area contributed by atoms with E-state index in [2.05, 4.69) is 5.16 Å². The number of carboxylic acid groups (broad SMARTS) is 1. The van der Waals surface area contributed by atoms with Crippen LogP contribution in [0.4, 0.5) is 10.1 Å². The number of benzene rings is 2. The first-order chi connectivity index (χ1) is 17.8. The highest BCUT2D eigenvalue weighted by molar-refractivity contribution is 6.39. The molecule has 1 N–H and O–H groups in total. The molecule has 2 saturated heterocycles. The zero-order valence-corrected chi connectivity index (χ0v) is 21.1. The fraction of sp³-hybridized carbons (Fsp3) is 0.370. The van der Waals surface area contributed by atoms with Crippen LogP contribution in [0.3, 0.4) is 0 Å². The number of aromatic carboxylic acids is 1. The summed E-state index contributed by atoms with van der Waals surface area (Å²) >= 11 is 12.8. The highest BCUT2D eigenvalue weighted by Gasteiger charge is 2.44. The Morgan fingerprint density at radius 2 is 1.73 bits per heavy atom. The molecular formula is C27H23Cl2FN2O5. The lowest BCUT2D eigenvalue weighted by Gasteiger charge is -2.40. The Morgan fingerprint density at radius 1 is 1.05 bits per heavy atom. The number of carbonyl (C=O) groups is 2. The summed E-state index contributed by atoms with van der Waals surface area (Å²) in [6.07, 6.45) is 4.18. The van der Waals surface area contributed by atoms with Gasteiger partial charge in [-0.25, -0.2) is 14.0 Å². The molecular weight excluding hydrogens is 522 g/mol. The smallest absolute Gasteiger partial charge is 0.344 e. The fourth-order valence-corrected chi connectivity index (χ4v) is 6.27. The van der Waals surface area contributed by atoms with Crippen molar-refractivity contribution in [2.75, 3.05) is 4.90 Å². The van der Waals surface area contributed by atoms with Crippen LogP contribution in [0.15, 0.2) is 40.9 Å². The predicted molar refractivity (Wildman–Crippen MR) is 135 cm³/mol. The van der Waals surface area contributed by atoms with Crippen LogP contribution in [-0.4, -0.2) is 40.4 Å². The molecule has 0 radical (unpaired) electrons. The molecule has 1 aromatic heterocycles. The Balaban J connectivity index is 1.24. The van der Waals surface area contributed by atoms with Crippen LogP contribution >= 0.6 is 23.2 Å². The van der Waals surface area contributed by atoms with E-state index in [1.807, 2.05) is 4.90 Å². The molecule has 2 bridgehead atoms. The summed E-state index contributed by atoms with van der Waals surface area (Å²) in [6, 6.07) is 9.02. The minimum Gasteiger partial charge on any atom is -0.478 e. The van der Waals surface area contributed by atoms with Crippen LogP contribution in [0.2, 0.25) is 10.0 Å². The molecule has 2 aliphatic heterocycles. The normalized spacial score (nSPS) is 22.8. The van der Waals surface area contributed by atoms with Gasteiger partial charge in [-0.1, -0.05) is 34.4 Å². The first-order valence-electron chi connectivity index (χ1n) is 12.3. The molecule has 3 atom stereocenters. The number of nitrogens with zero attached hydrogens (tertiary/aromatic N) is 2. The van der Waals surface area contributed by atoms with Crippen LogP contribution in [0, 0.1) is 5.82 Å². The van der Waals surface area contributed by atoms with Crippen molar-refractivity contribution >= 4 is 40.8 Å². The van der Waals surface area contributed by atoms with Gasteiger partial charge in [0.1, 0.15) is 23.2 Å². The molecule has 2 aromatic carbocycles. The van der Waals surface area contributed by atoms with E-state index in [4.69, 9.17) is 37.6 Å². The van der Waals surface area contributed by atoms with E-state index in [9.17, 15) is 14.0 Å². The lowest BCUT2D eigenvalue weighted by atomic mass is 9.98. The number of aromatic nitrogens is 1. The number of hydrogen-bond acceptors (Lipinski definition) is 6. The summed E-state index contributed by atoms with van der Waals surface area (Å²) in [5, 5.41) is 14.0. The summed E-state index contributed by atoms with van der Waals surface area (Å²) in [6.45, 7) is 0. The molecule has 3 aromatic rings. The van der Waals surface area contributed by atoms with Crippen LogP contribution in [-0.2, 0) is 4.74 Å². The van der Waals surface area contributed by atoms with E-state index in [-0.39, 0.29) is 40.9 Å². The Bertz CT molecular complexity index is 1370. The summed E-state index contributed by atoms with van der Waals surface area (Å²) in [4.78, 5) is 26.7. The molecule has 1 aliphatic carbocycles. The van der Waals surface area contributed by atoms with E-state index in [0.29, 0.717) is 39.9 Å². The Kier molecular flexibility index (Phi) is 6.12. The van der Waals surface area contributed by atoms with Gasteiger partial charge < -0.3 is 19.3 Å². The maximum Gasteiger partial charge on any atom is 0.344 e. The molecule has 6 rings (SSSR count). The van der Waals surface area contributed by atoms with Gasteiger partial charge in [-0.15, -0.1) is 0 Å². The molecule has 3 fully saturated rings. The van der Waals surface area contributed by atoms with Gasteiger partial charge in [0.25, 0.3) is 0 Å². The van der Waals surface area contributed by atoms with Gasteiger partial charge in [0.05, 0.1) is 21.3 Å². The summed E-state index contributed by atoms with van der Waals surface area (Å²) in [5.74, 6) is -1.65. The van der Waals surface area contributed by atoms with Crippen molar-refractivity contribution < 1.29 is 28.3 Å². The molecule has 192 valence electrons. The van der Waals surface area contributed by atoms with Crippen molar-refractivity contribution in [1.29, 1.82) is 0 Å². The number of ether oxygens (including phenoxy) is 1. The predicted octanol–water partition coefficient (Wildman–Crippen LogP) is 6.72. The number of carboxylic acids is 1. The quantitative estimate of drug-likeness (QED) is 0.344. The fourth-order valence-electron chi connectivity index (χ4n) is 5.70. The third-order valence-electron chi connectivity index (χ3n) is 7.51. The van der Waals surface area contributed by atoms with E-state index < -0.39 is 17.8 Å². The zero-order chi connectivity index (χ0) is 25.8. The van der Waals surface area contributed by atoms with Gasteiger partial charge in [0, 0.05) is 36.4 Å². The second-order valence-corrected chi connectivity index (χ2v) is 10.7. The molecule has 0 spiro atoms. The lowest BCUT2D eigenvalue weighted by molar-refractivity contribution is 0.0202. The van der Waals surface area contributed by atoms with Gasteiger partial charge in [-0.2, -0.15) is 0 Å². The Morgan fingerprint density at radius 3 is 2.32 bits per heavy atom. The second-order valence-electron chi connectivity index (χ2n) is 9.90. The average molecular weight is 545 g/mol. The second kappa shape index (κ2) is 9.33. The monoisotopic (exact) mass is 544 g/mol. The van der Waals surface area contributed by atoms with Crippen molar-refractivity contribution in [2.45, 2.75) is 62.6 Å². The standard InChI is InChI=1S/C27H23Cl2FN2O5/c28-18-2-1-3-19(29)22(18)24-23(25(37-31-24)13-4-5-13)27(35)36-17-11-15-7-8-16(12-17)32(15)21-9-6-14(26(33)34)10-20(21)30/h1-3,6,9-10,13,15-17H,4-5,7-8,11-12H2,(H,33,34)/t15-,16+,17?.